The molecule has 0 atom stereocenters. The third-order valence-corrected chi connectivity index (χ3v) is 3.20. The van der Waals surface area contributed by atoms with Crippen molar-refractivity contribution in [1.82, 2.24) is 20.6 Å². The summed E-state index contributed by atoms with van der Waals surface area (Å²) in [5.74, 6) is 0.930. The molecule has 0 aliphatic carbocycles. The first-order valence-corrected chi connectivity index (χ1v) is 7.04. The molecule has 0 fully saturated rings. The number of benzene rings is 2. The highest BCUT2D eigenvalue weighted by Gasteiger charge is 2.07. The molecule has 3 rings (SSSR count). The van der Waals surface area contributed by atoms with Crippen LogP contribution in [0.2, 0.25) is 0 Å². The van der Waals surface area contributed by atoms with E-state index in [0.29, 0.717) is 17.3 Å². The Morgan fingerprint density at radius 1 is 1.22 bits per heavy atom. The molecule has 2 N–H and O–H groups in total. The molecule has 0 spiro atoms. The van der Waals surface area contributed by atoms with Crippen molar-refractivity contribution in [1.29, 1.82) is 0 Å². The highest BCUT2D eigenvalue weighted by Crippen LogP contribution is 2.19. The number of nitrogens with one attached hydrogen (secondary N) is 2. The Labute approximate surface area is 132 Å². The van der Waals surface area contributed by atoms with Gasteiger partial charge in [0.25, 0.3) is 5.91 Å². The molecule has 1 heterocycles. The highest BCUT2D eigenvalue weighted by atomic mass is 16.5. The summed E-state index contributed by atoms with van der Waals surface area (Å²) in [6.45, 7) is 1.87. The van der Waals surface area contributed by atoms with E-state index in [2.05, 4.69) is 25.9 Å². The molecule has 0 unspecified atom stereocenters. The number of ether oxygens (including phenoxy) is 1. The molecule has 0 bridgehead atoms. The van der Waals surface area contributed by atoms with E-state index in [0.717, 1.165) is 11.1 Å². The van der Waals surface area contributed by atoms with Gasteiger partial charge in [0.1, 0.15) is 5.75 Å². The van der Waals surface area contributed by atoms with Crippen molar-refractivity contribution >= 4 is 11.6 Å². The summed E-state index contributed by atoms with van der Waals surface area (Å²) in [7, 11) is 0. The summed E-state index contributed by atoms with van der Waals surface area (Å²) in [5.41, 5.74) is 2.39. The van der Waals surface area contributed by atoms with Crippen LogP contribution in [0.4, 0.5) is 5.69 Å². The van der Waals surface area contributed by atoms with Crippen LogP contribution < -0.4 is 10.1 Å². The lowest BCUT2D eigenvalue weighted by Gasteiger charge is -2.09. The molecule has 0 aliphatic rings. The molecule has 0 aliphatic heterocycles. The van der Waals surface area contributed by atoms with Crippen molar-refractivity contribution in [2.75, 3.05) is 11.9 Å². The number of aromatic amines is 1. The van der Waals surface area contributed by atoms with Gasteiger partial charge in [-0.15, -0.1) is 10.2 Å². The Bertz CT molecular complexity index is 802. The van der Waals surface area contributed by atoms with Gasteiger partial charge in [-0.2, -0.15) is 5.21 Å². The summed E-state index contributed by atoms with van der Waals surface area (Å²) in [4.78, 5) is 12.0. The van der Waals surface area contributed by atoms with Crippen LogP contribution in [0, 0.1) is 6.92 Å². The number of anilines is 1. The molecule has 23 heavy (non-hydrogen) atoms. The molecular formula is C16H15N5O2. The second kappa shape index (κ2) is 6.69. The van der Waals surface area contributed by atoms with Crippen LogP contribution in [0.15, 0.2) is 48.5 Å². The first-order valence-electron chi connectivity index (χ1n) is 7.04. The summed E-state index contributed by atoms with van der Waals surface area (Å²) in [5, 5.41) is 16.5. The number of carbonyl (C=O) groups is 1. The van der Waals surface area contributed by atoms with E-state index in [4.69, 9.17) is 4.74 Å². The van der Waals surface area contributed by atoms with Crippen molar-refractivity contribution in [3.63, 3.8) is 0 Å². The van der Waals surface area contributed by atoms with E-state index in [1.54, 1.807) is 12.1 Å². The van der Waals surface area contributed by atoms with Crippen LogP contribution in [0.25, 0.3) is 11.4 Å². The monoisotopic (exact) mass is 309 g/mol. The Hall–Kier alpha value is -3.22. The van der Waals surface area contributed by atoms with Gasteiger partial charge in [0.15, 0.2) is 6.61 Å². The molecular weight excluding hydrogens is 294 g/mol. The average Bonchev–Trinajstić information content (AvgIpc) is 3.09. The zero-order valence-corrected chi connectivity index (χ0v) is 12.5. The molecule has 7 nitrogen and oxygen atoms in total. The number of para-hydroxylation sites is 1. The Balaban J connectivity index is 1.62. The fourth-order valence-corrected chi connectivity index (χ4v) is 2.08. The number of H-pyrrole nitrogens is 1. The topological polar surface area (TPSA) is 92.8 Å². The van der Waals surface area contributed by atoms with Gasteiger partial charge in [-0.05, 0) is 35.9 Å². The van der Waals surface area contributed by atoms with Crippen LogP contribution in [0.5, 0.6) is 5.75 Å². The van der Waals surface area contributed by atoms with E-state index in [-0.39, 0.29) is 12.5 Å². The van der Waals surface area contributed by atoms with Crippen LogP contribution >= 0.6 is 0 Å². The number of hydrogen-bond acceptors (Lipinski definition) is 5. The molecule has 3 aromatic rings. The molecule has 0 saturated heterocycles. The normalized spacial score (nSPS) is 10.3. The van der Waals surface area contributed by atoms with Gasteiger partial charge in [0.05, 0.1) is 0 Å². The van der Waals surface area contributed by atoms with Crippen molar-refractivity contribution in [2.45, 2.75) is 6.92 Å². The third kappa shape index (κ3) is 3.70. The number of hydrogen-bond donors (Lipinski definition) is 2. The maximum atomic E-state index is 12.0. The lowest BCUT2D eigenvalue weighted by Crippen LogP contribution is -2.20. The lowest BCUT2D eigenvalue weighted by molar-refractivity contribution is -0.118. The number of tetrazole rings is 1. The standard InChI is InChI=1S/C16H15N5O2/c1-11-5-2-3-8-14(11)23-10-15(22)17-13-7-4-6-12(9-13)16-18-20-21-19-16/h2-9H,10H2,1H3,(H,17,22)(H,18,19,20,21). The maximum absolute atomic E-state index is 12.0. The van der Waals surface area contributed by atoms with Crippen LogP contribution in [-0.4, -0.2) is 33.1 Å². The lowest BCUT2D eigenvalue weighted by atomic mass is 10.2. The van der Waals surface area contributed by atoms with Crippen molar-refractivity contribution < 1.29 is 9.53 Å². The fraction of sp³-hybridized carbons (Fsp3) is 0.125. The quantitative estimate of drug-likeness (QED) is 0.753. The fourth-order valence-electron chi connectivity index (χ4n) is 2.08. The molecule has 1 amide bonds. The zero-order valence-electron chi connectivity index (χ0n) is 12.5. The van der Waals surface area contributed by atoms with E-state index in [1.165, 1.54) is 0 Å². The molecule has 1 aromatic heterocycles. The largest absolute Gasteiger partial charge is 0.483 e. The van der Waals surface area contributed by atoms with Gasteiger partial charge in [0.2, 0.25) is 5.82 Å². The van der Waals surface area contributed by atoms with Crippen LogP contribution in [0.3, 0.4) is 0 Å². The van der Waals surface area contributed by atoms with Crippen molar-refractivity contribution in [3.05, 3.63) is 54.1 Å². The van der Waals surface area contributed by atoms with Gasteiger partial charge in [-0.25, -0.2) is 0 Å². The Morgan fingerprint density at radius 2 is 2.09 bits per heavy atom. The van der Waals surface area contributed by atoms with Gasteiger partial charge < -0.3 is 10.1 Å². The second-order valence-corrected chi connectivity index (χ2v) is 4.92. The van der Waals surface area contributed by atoms with E-state index in [1.807, 2.05) is 43.3 Å². The third-order valence-electron chi connectivity index (χ3n) is 3.20. The predicted octanol–water partition coefficient (Wildman–Crippen LogP) is 2.19. The van der Waals surface area contributed by atoms with Crippen molar-refractivity contribution in [3.8, 4) is 17.1 Å². The van der Waals surface area contributed by atoms with E-state index >= 15 is 0 Å². The number of carbonyl (C=O) groups excluding carboxylic acids is 1. The maximum Gasteiger partial charge on any atom is 0.262 e. The Kier molecular flexibility index (Phi) is 4.28. The SMILES string of the molecule is Cc1ccccc1OCC(=O)Nc1cccc(-c2nn[nH]n2)c1. The Morgan fingerprint density at radius 3 is 2.87 bits per heavy atom. The zero-order chi connectivity index (χ0) is 16.1. The van der Waals surface area contributed by atoms with Gasteiger partial charge in [-0.1, -0.05) is 30.3 Å². The number of nitrogens with zero attached hydrogens (tertiary/aromatic N) is 3. The van der Waals surface area contributed by atoms with E-state index < -0.39 is 0 Å². The molecule has 0 radical (unpaired) electrons. The summed E-state index contributed by atoms with van der Waals surface area (Å²) < 4.78 is 5.52. The van der Waals surface area contributed by atoms with E-state index in [9.17, 15) is 4.79 Å². The molecule has 116 valence electrons. The predicted molar refractivity (Wildman–Crippen MR) is 84.9 cm³/mol. The number of rotatable bonds is 5. The van der Waals surface area contributed by atoms with Gasteiger partial charge in [0, 0.05) is 11.3 Å². The van der Waals surface area contributed by atoms with Gasteiger partial charge >= 0.3 is 0 Å². The second-order valence-electron chi connectivity index (χ2n) is 4.92. The smallest absolute Gasteiger partial charge is 0.262 e. The summed E-state index contributed by atoms with van der Waals surface area (Å²) in [6, 6.07) is 14.8. The summed E-state index contributed by atoms with van der Waals surface area (Å²) >= 11 is 0. The molecule has 2 aromatic carbocycles. The van der Waals surface area contributed by atoms with Crippen LogP contribution in [0.1, 0.15) is 5.56 Å². The first kappa shape index (κ1) is 14.7. The summed E-state index contributed by atoms with van der Waals surface area (Å²) in [6.07, 6.45) is 0. The first-order chi connectivity index (χ1) is 11.2. The number of aromatic nitrogens is 4. The van der Waals surface area contributed by atoms with Gasteiger partial charge in [-0.3, -0.25) is 4.79 Å². The van der Waals surface area contributed by atoms with Crippen molar-refractivity contribution in [2.24, 2.45) is 0 Å². The minimum atomic E-state index is -0.237. The molecule has 7 heteroatoms. The minimum absolute atomic E-state index is 0.0582. The minimum Gasteiger partial charge on any atom is -0.483 e. The average molecular weight is 309 g/mol. The number of aryl methyl sites for hydroxylation is 1. The van der Waals surface area contributed by atoms with Crippen LogP contribution in [-0.2, 0) is 4.79 Å². The molecule has 0 saturated carbocycles. The number of amides is 1. The highest BCUT2D eigenvalue weighted by molar-refractivity contribution is 5.92.